The van der Waals surface area contributed by atoms with E-state index in [1.54, 1.807) is 0 Å². The number of hydrogen-bond donors (Lipinski definition) is 1. The first kappa shape index (κ1) is 14.3. The molecule has 4 rings (SSSR count). The van der Waals surface area contributed by atoms with Crippen molar-refractivity contribution in [2.24, 2.45) is 5.92 Å². The van der Waals surface area contributed by atoms with E-state index in [4.69, 9.17) is 0 Å². The van der Waals surface area contributed by atoms with Crippen LogP contribution in [-0.4, -0.2) is 43.4 Å². The van der Waals surface area contributed by atoms with E-state index in [2.05, 4.69) is 29.6 Å². The van der Waals surface area contributed by atoms with Gasteiger partial charge in [0.15, 0.2) is 0 Å². The van der Waals surface area contributed by atoms with E-state index in [1.165, 1.54) is 10.9 Å². The average Bonchev–Trinajstić information content (AvgIpc) is 3.00. The van der Waals surface area contributed by atoms with Crippen molar-refractivity contribution in [3.8, 4) is 0 Å². The number of rotatable bonds is 3. The molecule has 0 unspecified atom stereocenters. The second-order valence-electron chi connectivity index (χ2n) is 6.51. The number of carbonyl (C=O) groups is 2. The topological polar surface area (TPSA) is 49.4 Å². The Bertz CT molecular complexity index is 606. The van der Waals surface area contributed by atoms with Crippen molar-refractivity contribution >= 4 is 31.4 Å². The summed E-state index contributed by atoms with van der Waals surface area (Å²) < 4.78 is 1.37. The molecule has 4 nitrogen and oxygen atoms in total. The first-order valence-corrected chi connectivity index (χ1v) is 10.1. The summed E-state index contributed by atoms with van der Waals surface area (Å²) in [6.07, 6.45) is 5.20. The van der Waals surface area contributed by atoms with Crippen molar-refractivity contribution in [1.29, 1.82) is 0 Å². The second kappa shape index (κ2) is 5.39. The molecular formula is C17H20N2O2Se. The van der Waals surface area contributed by atoms with Gasteiger partial charge >= 0.3 is 136 Å². The third kappa shape index (κ3) is 2.03. The quantitative estimate of drug-likeness (QED) is 0.656. The van der Waals surface area contributed by atoms with Crippen LogP contribution < -0.4 is 9.78 Å². The monoisotopic (exact) mass is 364 g/mol. The van der Waals surface area contributed by atoms with Gasteiger partial charge in [-0.05, 0) is 0 Å². The summed E-state index contributed by atoms with van der Waals surface area (Å²) >= 11 is 0.354. The Kier molecular flexibility index (Phi) is 3.50. The van der Waals surface area contributed by atoms with E-state index in [9.17, 15) is 9.59 Å². The van der Waals surface area contributed by atoms with Gasteiger partial charge in [0.2, 0.25) is 0 Å². The molecule has 1 aromatic carbocycles. The fourth-order valence-corrected chi connectivity index (χ4v) is 6.63. The zero-order valence-electron chi connectivity index (χ0n) is 12.5. The van der Waals surface area contributed by atoms with E-state index in [1.807, 2.05) is 11.0 Å². The van der Waals surface area contributed by atoms with Crippen LogP contribution in [0, 0.1) is 5.92 Å². The molecule has 0 bridgehead atoms. The van der Waals surface area contributed by atoms with E-state index < -0.39 is 5.54 Å². The van der Waals surface area contributed by atoms with Crippen molar-refractivity contribution in [1.82, 2.24) is 10.2 Å². The van der Waals surface area contributed by atoms with Gasteiger partial charge in [-0.1, -0.05) is 0 Å². The molecule has 1 saturated carbocycles. The number of benzene rings is 1. The van der Waals surface area contributed by atoms with Crippen molar-refractivity contribution < 1.29 is 9.59 Å². The van der Waals surface area contributed by atoms with Gasteiger partial charge in [0.05, 0.1) is 0 Å². The zero-order chi connectivity index (χ0) is 15.2. The third-order valence-corrected chi connectivity index (χ3v) is 7.83. The maximum absolute atomic E-state index is 12.5. The molecule has 1 aliphatic carbocycles. The Morgan fingerprint density at radius 1 is 1.23 bits per heavy atom. The molecule has 3 amide bonds. The molecule has 116 valence electrons. The van der Waals surface area contributed by atoms with Crippen LogP contribution in [0.4, 0.5) is 4.79 Å². The second-order valence-corrected chi connectivity index (χ2v) is 8.80. The molecule has 2 aliphatic heterocycles. The van der Waals surface area contributed by atoms with Crippen molar-refractivity contribution in [3.63, 3.8) is 0 Å². The summed E-state index contributed by atoms with van der Waals surface area (Å²) in [6, 6.07) is 10.6. The molecule has 3 fully saturated rings. The van der Waals surface area contributed by atoms with Crippen LogP contribution in [0.25, 0.3) is 0 Å². The van der Waals surface area contributed by atoms with Crippen LogP contribution in [0.1, 0.15) is 32.1 Å². The van der Waals surface area contributed by atoms with Crippen LogP contribution in [0.3, 0.4) is 0 Å². The van der Waals surface area contributed by atoms with Crippen molar-refractivity contribution in [3.05, 3.63) is 30.3 Å². The van der Waals surface area contributed by atoms with Crippen molar-refractivity contribution in [2.75, 3.05) is 0 Å². The summed E-state index contributed by atoms with van der Waals surface area (Å²) in [7, 11) is 0. The Morgan fingerprint density at radius 3 is 2.86 bits per heavy atom. The number of hydrogen-bond acceptors (Lipinski definition) is 2. The van der Waals surface area contributed by atoms with E-state index in [-0.39, 0.29) is 18.0 Å². The van der Waals surface area contributed by atoms with Crippen LogP contribution >= 0.6 is 0 Å². The Hall–Kier alpha value is -1.32. The minimum absolute atomic E-state index is 0.0306. The summed E-state index contributed by atoms with van der Waals surface area (Å²) in [5.41, 5.74) is -0.507. The van der Waals surface area contributed by atoms with E-state index >= 15 is 0 Å². The third-order valence-electron chi connectivity index (χ3n) is 5.41. The SMILES string of the molecule is O=C1NC(=O)[C@]23CCCC[C@H]2C[C@H](C[Se]c2ccccc2)N13. The van der Waals surface area contributed by atoms with Crippen LogP contribution in [-0.2, 0) is 4.79 Å². The molecule has 3 atom stereocenters. The number of imide groups is 1. The summed E-state index contributed by atoms with van der Waals surface area (Å²) in [6.45, 7) is 0. The van der Waals surface area contributed by atoms with Crippen LogP contribution in [0.5, 0.6) is 0 Å². The Balaban J connectivity index is 1.57. The molecular weight excluding hydrogens is 343 g/mol. The predicted molar refractivity (Wildman–Crippen MR) is 85.1 cm³/mol. The number of amides is 3. The van der Waals surface area contributed by atoms with E-state index in [0.717, 1.165) is 31.0 Å². The number of nitrogens with one attached hydrogen (secondary N) is 1. The fourth-order valence-electron chi connectivity index (χ4n) is 4.49. The minimum atomic E-state index is -0.507. The molecule has 22 heavy (non-hydrogen) atoms. The number of nitrogens with zero attached hydrogens (tertiary/aromatic N) is 1. The average molecular weight is 363 g/mol. The van der Waals surface area contributed by atoms with Gasteiger partial charge in [0.1, 0.15) is 0 Å². The zero-order valence-corrected chi connectivity index (χ0v) is 14.2. The van der Waals surface area contributed by atoms with E-state index in [0.29, 0.717) is 20.9 Å². The summed E-state index contributed by atoms with van der Waals surface area (Å²) in [5, 5.41) is 3.60. The first-order chi connectivity index (χ1) is 10.7. The van der Waals surface area contributed by atoms with Gasteiger partial charge in [0.25, 0.3) is 0 Å². The number of urea groups is 1. The molecule has 3 aliphatic rings. The number of carbonyl (C=O) groups excluding carboxylic acids is 2. The van der Waals surface area contributed by atoms with Crippen molar-refractivity contribution in [2.45, 2.75) is 49.0 Å². The Labute approximate surface area is 136 Å². The first-order valence-electron chi connectivity index (χ1n) is 8.04. The van der Waals surface area contributed by atoms with Gasteiger partial charge < -0.3 is 0 Å². The normalized spacial score (nSPS) is 33.5. The molecule has 2 saturated heterocycles. The molecule has 0 radical (unpaired) electrons. The molecule has 0 aromatic heterocycles. The van der Waals surface area contributed by atoms with Crippen LogP contribution in [0.2, 0.25) is 5.32 Å². The predicted octanol–water partition coefficient (Wildman–Crippen LogP) is 1.69. The molecule has 1 N–H and O–H groups in total. The molecule has 2 heterocycles. The standard InChI is InChI=1S/C17H20N2O2Se/c20-15-17-9-5-4-6-12(17)10-13(19(17)16(21)18-15)11-22-14-7-2-1-3-8-14/h1-3,7-8,12-13H,4-6,9-11H2,(H,18,20,21)/t12-,13+,17-/m0/s1. The molecule has 5 heteroatoms. The van der Waals surface area contributed by atoms with Gasteiger partial charge in [-0.25, -0.2) is 0 Å². The molecule has 1 aromatic rings. The summed E-state index contributed by atoms with van der Waals surface area (Å²) in [5.74, 6) is 0.334. The summed E-state index contributed by atoms with van der Waals surface area (Å²) in [4.78, 5) is 26.7. The van der Waals surface area contributed by atoms with Gasteiger partial charge in [-0.2, -0.15) is 0 Å². The Morgan fingerprint density at radius 2 is 2.05 bits per heavy atom. The fraction of sp³-hybridized carbons (Fsp3) is 0.529. The van der Waals surface area contributed by atoms with Crippen LogP contribution in [0.15, 0.2) is 30.3 Å². The van der Waals surface area contributed by atoms with Gasteiger partial charge in [0, 0.05) is 0 Å². The maximum atomic E-state index is 12.5. The van der Waals surface area contributed by atoms with Gasteiger partial charge in [-0.15, -0.1) is 0 Å². The molecule has 1 spiro atoms. The van der Waals surface area contributed by atoms with Gasteiger partial charge in [-0.3, -0.25) is 0 Å².